The number of hydrogen-bond donors (Lipinski definition) is 2. The smallest absolute Gasteiger partial charge is 0.398 e. The first kappa shape index (κ1) is 19.7. The predicted octanol–water partition coefficient (Wildman–Crippen LogP) is 4.91. The highest BCUT2D eigenvalue weighted by Gasteiger charge is 2.43. The summed E-state index contributed by atoms with van der Waals surface area (Å²) < 4.78 is 41.7. The molecule has 0 spiro atoms. The maximum atomic E-state index is 13.9. The van der Waals surface area contributed by atoms with Gasteiger partial charge in [0.05, 0.1) is 29.2 Å². The molecule has 2 atom stereocenters. The fourth-order valence-corrected chi connectivity index (χ4v) is 3.63. The van der Waals surface area contributed by atoms with Gasteiger partial charge in [-0.3, -0.25) is 4.79 Å². The minimum atomic E-state index is -4.65. The highest BCUT2D eigenvalue weighted by atomic mass is 19.4. The lowest BCUT2D eigenvalue weighted by Gasteiger charge is -2.19. The van der Waals surface area contributed by atoms with E-state index in [-0.39, 0.29) is 34.5 Å². The molecule has 3 N–H and O–H groups in total. The van der Waals surface area contributed by atoms with Gasteiger partial charge in [0.25, 0.3) is 0 Å². The number of amides is 1. The minimum Gasteiger partial charge on any atom is -0.398 e. The molecule has 4 rings (SSSR count). The lowest BCUT2D eigenvalue weighted by atomic mass is 9.91. The van der Waals surface area contributed by atoms with Gasteiger partial charge >= 0.3 is 6.18 Å². The number of rotatable bonds is 3. The van der Waals surface area contributed by atoms with E-state index in [9.17, 15) is 18.0 Å². The molecule has 0 saturated heterocycles. The number of anilines is 2. The van der Waals surface area contributed by atoms with Crippen molar-refractivity contribution >= 4 is 28.2 Å². The van der Waals surface area contributed by atoms with Gasteiger partial charge in [-0.15, -0.1) is 0 Å². The normalized spacial score (nSPS) is 18.1. The van der Waals surface area contributed by atoms with Crippen LogP contribution in [0.5, 0.6) is 0 Å². The van der Waals surface area contributed by atoms with Crippen LogP contribution in [0.15, 0.2) is 42.6 Å². The molecule has 0 radical (unpaired) electrons. The van der Waals surface area contributed by atoms with Crippen LogP contribution in [0.4, 0.5) is 24.7 Å². The zero-order chi connectivity index (χ0) is 21.6. The van der Waals surface area contributed by atoms with Crippen LogP contribution in [0.2, 0.25) is 0 Å². The summed E-state index contributed by atoms with van der Waals surface area (Å²) in [6, 6.07) is 11.7. The number of benzene rings is 2. The summed E-state index contributed by atoms with van der Waals surface area (Å²) in [5, 5.41) is 12.1. The molecule has 8 heteroatoms. The Bertz CT molecular complexity index is 1210. The number of alkyl halides is 3. The summed E-state index contributed by atoms with van der Waals surface area (Å²) >= 11 is 0. The molecule has 1 saturated carbocycles. The molecule has 0 bridgehead atoms. The van der Waals surface area contributed by atoms with Crippen molar-refractivity contribution < 1.29 is 18.0 Å². The monoisotopic (exact) mass is 410 g/mol. The van der Waals surface area contributed by atoms with Crippen molar-refractivity contribution in [2.45, 2.75) is 19.5 Å². The summed E-state index contributed by atoms with van der Waals surface area (Å²) in [6.45, 7) is 1.73. The summed E-state index contributed by atoms with van der Waals surface area (Å²) in [7, 11) is 0. The molecule has 152 valence electrons. The molecule has 3 aromatic rings. The Morgan fingerprint density at radius 1 is 1.27 bits per heavy atom. The van der Waals surface area contributed by atoms with E-state index in [0.717, 1.165) is 0 Å². The Hall–Kier alpha value is -3.60. The maximum Gasteiger partial charge on any atom is 0.419 e. The first-order chi connectivity index (χ1) is 14.2. The second kappa shape index (κ2) is 7.02. The first-order valence-corrected chi connectivity index (χ1v) is 9.26. The molecular weight excluding hydrogens is 393 g/mol. The van der Waals surface area contributed by atoms with Crippen molar-refractivity contribution in [3.05, 3.63) is 53.7 Å². The zero-order valence-corrected chi connectivity index (χ0v) is 15.9. The number of nitrogens with one attached hydrogen (secondary N) is 1. The molecule has 1 fully saturated rings. The number of hydrogen-bond acceptors (Lipinski definition) is 4. The van der Waals surface area contributed by atoms with Crippen molar-refractivity contribution in [1.29, 1.82) is 5.26 Å². The third-order valence-corrected chi connectivity index (χ3v) is 5.33. The molecule has 30 heavy (non-hydrogen) atoms. The minimum absolute atomic E-state index is 0.0270. The van der Waals surface area contributed by atoms with E-state index in [1.54, 1.807) is 31.2 Å². The number of halogens is 3. The fourth-order valence-electron chi connectivity index (χ4n) is 3.63. The number of nitrogens with two attached hydrogens (primary N) is 1. The van der Waals surface area contributed by atoms with Gasteiger partial charge in [-0.25, -0.2) is 4.98 Å². The molecule has 1 aliphatic carbocycles. The molecule has 2 aromatic carbocycles. The number of carbonyl (C=O) groups is 1. The molecule has 1 heterocycles. The van der Waals surface area contributed by atoms with Gasteiger partial charge in [0, 0.05) is 11.6 Å². The van der Waals surface area contributed by atoms with Gasteiger partial charge in [0.2, 0.25) is 5.91 Å². The highest BCUT2D eigenvalue weighted by Crippen LogP contribution is 2.45. The number of nitrogen functional groups attached to an aromatic ring is 1. The highest BCUT2D eigenvalue weighted by molar-refractivity contribution is 6.02. The Labute approximate surface area is 170 Å². The number of pyridine rings is 1. The van der Waals surface area contributed by atoms with E-state index in [4.69, 9.17) is 11.0 Å². The van der Waals surface area contributed by atoms with Crippen LogP contribution in [-0.2, 0) is 11.0 Å². The first-order valence-electron chi connectivity index (χ1n) is 9.26. The Kier molecular flexibility index (Phi) is 4.61. The molecule has 0 aliphatic heterocycles. The molecule has 1 aromatic heterocycles. The van der Waals surface area contributed by atoms with E-state index >= 15 is 0 Å². The fraction of sp³-hybridized carbons (Fsp3) is 0.227. The number of fused-ring (bicyclic) bond motifs is 1. The third kappa shape index (κ3) is 3.43. The quantitative estimate of drug-likeness (QED) is 0.600. The van der Waals surface area contributed by atoms with Crippen molar-refractivity contribution in [2.75, 3.05) is 11.1 Å². The molecular formula is C22H17F3N4O. The van der Waals surface area contributed by atoms with E-state index in [2.05, 4.69) is 10.3 Å². The lowest BCUT2D eigenvalue weighted by Crippen LogP contribution is -2.16. The van der Waals surface area contributed by atoms with Crippen LogP contribution >= 0.6 is 0 Å². The molecule has 0 unspecified atom stereocenters. The molecule has 1 aliphatic rings. The van der Waals surface area contributed by atoms with E-state index < -0.39 is 17.4 Å². The number of carbonyl (C=O) groups excluding carboxylic acids is 1. The number of aryl methyl sites for hydroxylation is 1. The van der Waals surface area contributed by atoms with Gasteiger partial charge in [0.15, 0.2) is 0 Å². The summed E-state index contributed by atoms with van der Waals surface area (Å²) in [4.78, 5) is 16.2. The zero-order valence-electron chi connectivity index (χ0n) is 15.9. The summed E-state index contributed by atoms with van der Waals surface area (Å²) in [6.07, 6.45) is -2.93. The SMILES string of the molecule is Cc1ccccc1-c1cc2cc(NC(=O)[C@H]3C[C@@H]3C#N)ncc2c(N)c1C(F)(F)F. The Morgan fingerprint density at radius 3 is 2.63 bits per heavy atom. The van der Waals surface area contributed by atoms with Crippen LogP contribution < -0.4 is 11.1 Å². The van der Waals surface area contributed by atoms with Crippen LogP contribution in [0.1, 0.15) is 17.5 Å². The molecule has 1 amide bonds. The second-order valence-corrected chi connectivity index (χ2v) is 7.38. The van der Waals surface area contributed by atoms with Crippen LogP contribution in [-0.4, -0.2) is 10.9 Å². The van der Waals surface area contributed by atoms with Crippen LogP contribution in [0.25, 0.3) is 21.9 Å². The number of nitrogens with zero attached hydrogens (tertiary/aromatic N) is 2. The largest absolute Gasteiger partial charge is 0.419 e. The van der Waals surface area contributed by atoms with E-state index in [1.807, 2.05) is 6.07 Å². The number of aromatic nitrogens is 1. The summed E-state index contributed by atoms with van der Waals surface area (Å²) in [5.74, 6) is -0.811. The number of nitriles is 1. The van der Waals surface area contributed by atoms with Crippen LogP contribution in [0, 0.1) is 30.1 Å². The third-order valence-electron chi connectivity index (χ3n) is 5.33. The predicted molar refractivity (Wildman–Crippen MR) is 107 cm³/mol. The molecule has 5 nitrogen and oxygen atoms in total. The van der Waals surface area contributed by atoms with Crippen LogP contribution in [0.3, 0.4) is 0 Å². The van der Waals surface area contributed by atoms with Gasteiger partial charge in [-0.05, 0) is 47.6 Å². The van der Waals surface area contributed by atoms with E-state index in [1.165, 1.54) is 18.3 Å². The standard InChI is InChI=1S/C22H17F3N4O/c1-11-4-2-3-5-14(11)16-6-12-8-18(29-21(30)15-7-13(15)9-26)28-10-17(12)20(27)19(16)22(23,24)25/h2-6,8,10,13,15H,7,27H2,1H3,(H,28,29,30)/t13-,15+/m1/s1. The van der Waals surface area contributed by atoms with Gasteiger partial charge in [-0.2, -0.15) is 18.4 Å². The lowest BCUT2D eigenvalue weighted by molar-refractivity contribution is -0.136. The Balaban J connectivity index is 1.84. The Morgan fingerprint density at radius 2 is 2.00 bits per heavy atom. The van der Waals surface area contributed by atoms with Gasteiger partial charge < -0.3 is 11.1 Å². The average molecular weight is 410 g/mol. The topological polar surface area (TPSA) is 91.8 Å². The summed E-state index contributed by atoms with van der Waals surface area (Å²) in [5.41, 5.74) is 5.72. The maximum absolute atomic E-state index is 13.9. The average Bonchev–Trinajstić information content (AvgIpc) is 3.47. The van der Waals surface area contributed by atoms with E-state index in [0.29, 0.717) is 22.9 Å². The van der Waals surface area contributed by atoms with Crippen molar-refractivity contribution in [3.63, 3.8) is 0 Å². The van der Waals surface area contributed by atoms with Gasteiger partial charge in [-0.1, -0.05) is 24.3 Å². The second-order valence-electron chi connectivity index (χ2n) is 7.38. The van der Waals surface area contributed by atoms with Crippen molar-refractivity contribution in [1.82, 2.24) is 4.98 Å². The van der Waals surface area contributed by atoms with Crippen molar-refractivity contribution in [2.24, 2.45) is 11.8 Å². The van der Waals surface area contributed by atoms with Crippen molar-refractivity contribution in [3.8, 4) is 17.2 Å². The van der Waals surface area contributed by atoms with Gasteiger partial charge in [0.1, 0.15) is 5.82 Å².